The van der Waals surface area contributed by atoms with E-state index in [-0.39, 0.29) is 0 Å². The molecular weight excluding hydrogens is 506 g/mol. The Balaban J connectivity index is 1.48. The van der Waals surface area contributed by atoms with Crippen LogP contribution in [0.15, 0.2) is 72.0 Å². The van der Waals surface area contributed by atoms with Crippen LogP contribution in [0.25, 0.3) is 28.2 Å². The lowest BCUT2D eigenvalue weighted by atomic mass is 10.1. The number of hydrogen-bond acceptors (Lipinski definition) is 6. The maximum atomic E-state index is 12.0. The number of fused-ring (bicyclic) bond motifs is 1. The second-order valence-electron chi connectivity index (χ2n) is 7.27. The number of halogens is 1. The van der Waals surface area contributed by atoms with Crippen LogP contribution < -0.4 is 9.47 Å². The summed E-state index contributed by atoms with van der Waals surface area (Å²) in [7, 11) is -3.54. The van der Waals surface area contributed by atoms with Gasteiger partial charge in [0, 0.05) is 22.9 Å². The molecule has 170 valence electrons. The van der Waals surface area contributed by atoms with Gasteiger partial charge in [0.2, 0.25) is 0 Å². The molecule has 2 heterocycles. The Labute approximate surface area is 200 Å². The fourth-order valence-corrected chi connectivity index (χ4v) is 4.68. The molecule has 4 rings (SSSR count). The zero-order valence-electron chi connectivity index (χ0n) is 17.9. The summed E-state index contributed by atoms with van der Waals surface area (Å²) in [4.78, 5) is 4.47. The van der Waals surface area contributed by atoms with E-state index in [1.807, 2.05) is 48.5 Å². The van der Waals surface area contributed by atoms with Crippen molar-refractivity contribution in [2.24, 2.45) is 0 Å². The molecule has 9 heteroatoms. The van der Waals surface area contributed by atoms with Gasteiger partial charge in [0.1, 0.15) is 21.6 Å². The number of nitrogens with zero attached hydrogens (tertiary/aromatic N) is 3. The largest absolute Gasteiger partial charge is 0.493 e. The first-order valence-electron chi connectivity index (χ1n) is 10.2. The van der Waals surface area contributed by atoms with Crippen molar-refractivity contribution in [3.8, 4) is 22.8 Å². The highest BCUT2D eigenvalue weighted by molar-refractivity contribution is 9.10. The molecule has 0 amide bonds. The van der Waals surface area contributed by atoms with Crippen molar-refractivity contribution in [2.75, 3.05) is 19.5 Å². The molecule has 0 aliphatic rings. The summed E-state index contributed by atoms with van der Waals surface area (Å²) < 4.78 is 37.2. The molecule has 0 bridgehead atoms. The van der Waals surface area contributed by atoms with Crippen molar-refractivity contribution in [3.05, 3.63) is 77.5 Å². The molecule has 0 atom stereocenters. The Morgan fingerprint density at radius 2 is 1.73 bits per heavy atom. The maximum absolute atomic E-state index is 12.0. The number of pyridine rings is 1. The summed E-state index contributed by atoms with van der Waals surface area (Å²) in [5.74, 6) is 1.48. The lowest BCUT2D eigenvalue weighted by Crippen LogP contribution is -2.11. The lowest BCUT2D eigenvalue weighted by Gasteiger charge is -2.12. The van der Waals surface area contributed by atoms with Crippen LogP contribution in [0.1, 0.15) is 12.0 Å². The Hall–Kier alpha value is -3.17. The van der Waals surface area contributed by atoms with Crippen molar-refractivity contribution in [1.29, 1.82) is 0 Å². The average molecular weight is 528 g/mol. The number of benzene rings is 2. The van der Waals surface area contributed by atoms with Crippen LogP contribution in [0.4, 0.5) is 0 Å². The molecule has 0 N–H and O–H groups in total. The van der Waals surface area contributed by atoms with Gasteiger partial charge in [0.15, 0.2) is 0 Å². The third kappa shape index (κ3) is 5.09. The highest BCUT2D eigenvalue weighted by Gasteiger charge is 2.18. The Morgan fingerprint density at radius 1 is 1.06 bits per heavy atom. The molecule has 0 saturated carbocycles. The van der Waals surface area contributed by atoms with Gasteiger partial charge in [-0.05, 0) is 40.2 Å². The van der Waals surface area contributed by atoms with Gasteiger partial charge in [-0.3, -0.25) is 4.98 Å². The summed E-state index contributed by atoms with van der Waals surface area (Å²) in [6, 6.07) is 17.1. The molecule has 33 heavy (non-hydrogen) atoms. The van der Waals surface area contributed by atoms with Crippen molar-refractivity contribution in [2.45, 2.75) is 6.42 Å². The third-order valence-electron chi connectivity index (χ3n) is 4.91. The van der Waals surface area contributed by atoms with Gasteiger partial charge in [-0.15, -0.1) is 5.10 Å². The fraction of sp³-hybridized carbons (Fsp3) is 0.167. The average Bonchev–Trinajstić information content (AvgIpc) is 3.16. The molecule has 0 saturated heterocycles. The van der Waals surface area contributed by atoms with E-state index in [2.05, 4.69) is 32.6 Å². The summed E-state index contributed by atoms with van der Waals surface area (Å²) in [5, 5.41) is 4.73. The second kappa shape index (κ2) is 9.76. The molecule has 0 aliphatic heterocycles. The smallest absolute Gasteiger partial charge is 0.251 e. The van der Waals surface area contributed by atoms with Crippen LogP contribution in [-0.2, 0) is 10.0 Å². The van der Waals surface area contributed by atoms with Crippen LogP contribution >= 0.6 is 15.9 Å². The molecule has 0 unspecified atom stereocenters. The monoisotopic (exact) mass is 527 g/mol. The molecule has 0 radical (unpaired) electrons. The van der Waals surface area contributed by atoms with E-state index < -0.39 is 10.0 Å². The molecule has 4 aromatic rings. The molecule has 2 aromatic heterocycles. The first kappa shape index (κ1) is 23.0. The number of aromatic nitrogens is 3. The van der Waals surface area contributed by atoms with Gasteiger partial charge in [-0.2, -0.15) is 4.09 Å². The van der Waals surface area contributed by atoms with Crippen molar-refractivity contribution < 1.29 is 17.9 Å². The Morgan fingerprint density at radius 3 is 2.45 bits per heavy atom. The van der Waals surface area contributed by atoms with E-state index in [9.17, 15) is 8.42 Å². The van der Waals surface area contributed by atoms with Gasteiger partial charge in [0.25, 0.3) is 10.0 Å². The number of hydrogen-bond donors (Lipinski definition) is 0. The molecule has 0 fully saturated rings. The van der Waals surface area contributed by atoms with Gasteiger partial charge >= 0.3 is 0 Å². The molecular formula is C24H22BrN3O4S. The van der Waals surface area contributed by atoms with Crippen LogP contribution in [0.3, 0.4) is 0 Å². The van der Waals surface area contributed by atoms with E-state index in [0.717, 1.165) is 27.2 Å². The minimum absolute atomic E-state index is 0.406. The zero-order chi connectivity index (χ0) is 23.4. The van der Waals surface area contributed by atoms with Crippen LogP contribution in [-0.4, -0.2) is 42.1 Å². The predicted octanol–water partition coefficient (Wildman–Crippen LogP) is 5.16. The quantitative estimate of drug-likeness (QED) is 0.279. The van der Waals surface area contributed by atoms with E-state index in [4.69, 9.17) is 9.47 Å². The SMILES string of the molecule is C=Cc1ccccc1OCCCOc1ccccc1-c1cc2c(Br)nn(S(C)(=O)=O)c2cn1. The molecule has 2 aromatic carbocycles. The second-order valence-corrected chi connectivity index (χ2v) is 9.84. The standard InChI is InChI=1S/C24H22BrN3O4S/c1-3-17-9-4-6-11-22(17)31-13-8-14-32-23-12-7-5-10-18(23)20-15-19-21(16-26-20)28(27-24(19)25)33(2,29)30/h3-7,9-12,15-16H,1,8,13-14H2,2H3. The van der Waals surface area contributed by atoms with Gasteiger partial charge < -0.3 is 9.47 Å². The van der Waals surface area contributed by atoms with E-state index >= 15 is 0 Å². The van der Waals surface area contributed by atoms with Crippen molar-refractivity contribution >= 4 is 42.9 Å². The Bertz CT molecular complexity index is 1420. The fourth-order valence-electron chi connectivity index (χ4n) is 3.36. The topological polar surface area (TPSA) is 83.3 Å². The van der Waals surface area contributed by atoms with Crippen LogP contribution in [0.2, 0.25) is 0 Å². The first-order chi connectivity index (χ1) is 15.9. The van der Waals surface area contributed by atoms with E-state index in [1.54, 1.807) is 12.1 Å². The van der Waals surface area contributed by atoms with Gasteiger partial charge in [-0.25, -0.2) is 8.42 Å². The number of para-hydroxylation sites is 2. The minimum Gasteiger partial charge on any atom is -0.493 e. The van der Waals surface area contributed by atoms with Crippen LogP contribution in [0.5, 0.6) is 11.5 Å². The van der Waals surface area contributed by atoms with Gasteiger partial charge in [0.05, 0.1) is 31.4 Å². The van der Waals surface area contributed by atoms with Crippen molar-refractivity contribution in [1.82, 2.24) is 14.2 Å². The highest BCUT2D eigenvalue weighted by atomic mass is 79.9. The normalized spacial score (nSPS) is 11.5. The number of ether oxygens (including phenoxy) is 2. The number of rotatable bonds is 9. The predicted molar refractivity (Wildman–Crippen MR) is 133 cm³/mol. The summed E-state index contributed by atoms with van der Waals surface area (Å²) in [5.41, 5.74) is 2.82. The molecule has 7 nitrogen and oxygen atoms in total. The minimum atomic E-state index is -3.54. The summed E-state index contributed by atoms with van der Waals surface area (Å²) in [6.07, 6.45) is 5.07. The summed E-state index contributed by atoms with van der Waals surface area (Å²) in [6.45, 7) is 4.78. The first-order valence-corrected chi connectivity index (χ1v) is 12.8. The third-order valence-corrected chi connectivity index (χ3v) is 6.40. The van der Waals surface area contributed by atoms with Gasteiger partial charge in [-0.1, -0.05) is 43.0 Å². The molecule has 0 spiro atoms. The van der Waals surface area contributed by atoms with Crippen LogP contribution in [0, 0.1) is 0 Å². The zero-order valence-corrected chi connectivity index (χ0v) is 20.3. The Kier molecular flexibility index (Phi) is 6.80. The van der Waals surface area contributed by atoms with E-state index in [1.165, 1.54) is 6.20 Å². The maximum Gasteiger partial charge on any atom is 0.251 e. The van der Waals surface area contributed by atoms with E-state index in [0.29, 0.717) is 46.6 Å². The highest BCUT2D eigenvalue weighted by Crippen LogP contribution is 2.32. The van der Waals surface area contributed by atoms with Crippen molar-refractivity contribution in [3.63, 3.8) is 0 Å². The lowest BCUT2D eigenvalue weighted by molar-refractivity contribution is 0.247. The summed E-state index contributed by atoms with van der Waals surface area (Å²) >= 11 is 3.35. The molecule has 0 aliphatic carbocycles.